The minimum atomic E-state index is 0.129. The highest BCUT2D eigenvalue weighted by atomic mass is 35.5. The smallest absolute Gasteiger partial charge is 0.146 e. The van der Waals surface area contributed by atoms with Crippen LogP contribution in [0.15, 0.2) is 5.38 Å². The Morgan fingerprint density at radius 2 is 2.10 bits per heavy atom. The Hall–Kier alpha value is -0.0800. The summed E-state index contributed by atoms with van der Waals surface area (Å²) < 4.78 is 3.99. The first-order valence-corrected chi connectivity index (χ1v) is 4.33. The van der Waals surface area contributed by atoms with Crippen LogP contribution in [0.4, 0.5) is 0 Å². The molecule has 10 heavy (non-hydrogen) atoms. The molecule has 0 amide bonds. The number of aromatic nitrogens is 1. The maximum atomic E-state index is 5.82. The fraction of sp³-hybridized carbons (Fsp3) is 0.571. The van der Waals surface area contributed by atoms with Gasteiger partial charge in [0.15, 0.2) is 0 Å². The summed E-state index contributed by atoms with van der Waals surface area (Å²) in [5.74, 6) is 0. The van der Waals surface area contributed by atoms with Crippen molar-refractivity contribution in [2.75, 3.05) is 0 Å². The van der Waals surface area contributed by atoms with Gasteiger partial charge in [-0.3, -0.25) is 0 Å². The SMILES string of the molecule is CC(C)(C)c1csnc1Cl. The summed E-state index contributed by atoms with van der Waals surface area (Å²) in [6.07, 6.45) is 0. The molecule has 56 valence electrons. The Kier molecular flexibility index (Phi) is 2.02. The highest BCUT2D eigenvalue weighted by molar-refractivity contribution is 7.04. The lowest BCUT2D eigenvalue weighted by molar-refractivity contribution is 0.591. The highest BCUT2D eigenvalue weighted by Crippen LogP contribution is 2.29. The first-order valence-electron chi connectivity index (χ1n) is 3.12. The molecule has 1 nitrogen and oxygen atoms in total. The lowest BCUT2D eigenvalue weighted by Crippen LogP contribution is -2.09. The van der Waals surface area contributed by atoms with Crippen molar-refractivity contribution in [1.82, 2.24) is 4.37 Å². The van der Waals surface area contributed by atoms with Crippen molar-refractivity contribution in [3.8, 4) is 0 Å². The average molecular weight is 176 g/mol. The fourth-order valence-corrected chi connectivity index (χ4v) is 2.05. The van der Waals surface area contributed by atoms with Crippen LogP contribution < -0.4 is 0 Å². The Morgan fingerprint density at radius 3 is 2.30 bits per heavy atom. The Bertz CT molecular complexity index is 224. The molecule has 1 rings (SSSR count). The van der Waals surface area contributed by atoms with Crippen LogP contribution in [0, 0.1) is 0 Å². The monoisotopic (exact) mass is 175 g/mol. The van der Waals surface area contributed by atoms with Crippen molar-refractivity contribution in [2.24, 2.45) is 0 Å². The van der Waals surface area contributed by atoms with E-state index >= 15 is 0 Å². The van der Waals surface area contributed by atoms with Gasteiger partial charge in [-0.1, -0.05) is 32.4 Å². The molecule has 0 saturated carbocycles. The van der Waals surface area contributed by atoms with Crippen molar-refractivity contribution in [3.63, 3.8) is 0 Å². The van der Waals surface area contributed by atoms with Crippen molar-refractivity contribution in [2.45, 2.75) is 26.2 Å². The van der Waals surface area contributed by atoms with Crippen molar-refractivity contribution < 1.29 is 0 Å². The van der Waals surface area contributed by atoms with E-state index in [1.807, 2.05) is 5.38 Å². The molecule has 0 unspecified atom stereocenters. The number of halogens is 1. The summed E-state index contributed by atoms with van der Waals surface area (Å²) in [6, 6.07) is 0. The molecule has 0 spiro atoms. The van der Waals surface area contributed by atoms with Crippen LogP contribution in [-0.2, 0) is 5.41 Å². The summed E-state index contributed by atoms with van der Waals surface area (Å²) in [7, 11) is 0. The first-order chi connectivity index (χ1) is 4.52. The molecular weight excluding hydrogens is 166 g/mol. The third kappa shape index (κ3) is 1.50. The van der Waals surface area contributed by atoms with Crippen LogP contribution in [0.1, 0.15) is 26.3 Å². The minimum absolute atomic E-state index is 0.129. The zero-order valence-electron chi connectivity index (χ0n) is 6.31. The Morgan fingerprint density at radius 1 is 1.50 bits per heavy atom. The maximum absolute atomic E-state index is 5.82. The van der Waals surface area contributed by atoms with E-state index in [9.17, 15) is 0 Å². The van der Waals surface area contributed by atoms with Gasteiger partial charge in [0.1, 0.15) is 5.15 Å². The third-order valence-corrected chi connectivity index (χ3v) is 2.35. The lowest BCUT2D eigenvalue weighted by Gasteiger charge is -2.15. The molecule has 0 atom stereocenters. The van der Waals surface area contributed by atoms with Gasteiger partial charge in [0.25, 0.3) is 0 Å². The molecule has 0 fully saturated rings. The predicted molar refractivity (Wildman–Crippen MR) is 45.8 cm³/mol. The second-order valence-electron chi connectivity index (χ2n) is 3.27. The standard InChI is InChI=1S/C7H10ClNS/c1-7(2,3)5-4-10-9-6(5)8/h4H,1-3H3. The van der Waals surface area contributed by atoms with Crippen LogP contribution >= 0.6 is 23.1 Å². The number of nitrogens with zero attached hydrogens (tertiary/aromatic N) is 1. The van der Waals surface area contributed by atoms with Crippen LogP contribution in [-0.4, -0.2) is 4.37 Å². The summed E-state index contributed by atoms with van der Waals surface area (Å²) in [5, 5.41) is 2.65. The van der Waals surface area contributed by atoms with Crippen molar-refractivity contribution in [1.29, 1.82) is 0 Å². The normalized spacial score (nSPS) is 12.0. The maximum Gasteiger partial charge on any atom is 0.146 e. The lowest BCUT2D eigenvalue weighted by atomic mass is 9.90. The number of rotatable bonds is 0. The minimum Gasteiger partial charge on any atom is -0.181 e. The largest absolute Gasteiger partial charge is 0.181 e. The average Bonchev–Trinajstić information content (AvgIpc) is 2.11. The van der Waals surface area contributed by atoms with Crippen LogP contribution in [0.2, 0.25) is 5.15 Å². The third-order valence-electron chi connectivity index (χ3n) is 1.33. The molecule has 0 aliphatic heterocycles. The molecule has 0 radical (unpaired) electrons. The molecule has 1 heterocycles. The van der Waals surface area contributed by atoms with Gasteiger partial charge in [-0.15, -0.1) is 0 Å². The van der Waals surface area contributed by atoms with E-state index < -0.39 is 0 Å². The molecule has 0 N–H and O–H groups in total. The quantitative estimate of drug-likeness (QED) is 0.591. The second-order valence-corrected chi connectivity index (χ2v) is 4.26. The molecule has 0 aliphatic carbocycles. The molecular formula is C7H10ClNS. The molecule has 0 aliphatic rings. The van der Waals surface area contributed by atoms with Crippen molar-refractivity contribution in [3.05, 3.63) is 16.1 Å². The summed E-state index contributed by atoms with van der Waals surface area (Å²) >= 11 is 7.23. The van der Waals surface area contributed by atoms with Gasteiger partial charge in [-0.2, -0.15) is 4.37 Å². The Labute approximate surface area is 70.2 Å². The van der Waals surface area contributed by atoms with Crippen molar-refractivity contribution >= 4 is 23.1 Å². The fourth-order valence-electron chi connectivity index (χ4n) is 0.709. The van der Waals surface area contributed by atoms with Crippen LogP contribution in [0.5, 0.6) is 0 Å². The summed E-state index contributed by atoms with van der Waals surface area (Å²) in [4.78, 5) is 0. The molecule has 1 aromatic heterocycles. The molecule has 0 saturated heterocycles. The molecule has 3 heteroatoms. The zero-order chi connectivity index (χ0) is 7.78. The van der Waals surface area contributed by atoms with Gasteiger partial charge in [0.2, 0.25) is 0 Å². The zero-order valence-corrected chi connectivity index (χ0v) is 7.88. The van der Waals surface area contributed by atoms with E-state index in [0.29, 0.717) is 5.15 Å². The van der Waals surface area contributed by atoms with Gasteiger partial charge >= 0.3 is 0 Å². The van der Waals surface area contributed by atoms with Gasteiger partial charge in [0, 0.05) is 10.9 Å². The van der Waals surface area contributed by atoms with Crippen LogP contribution in [0.3, 0.4) is 0 Å². The van der Waals surface area contributed by atoms with Gasteiger partial charge in [-0.05, 0) is 16.9 Å². The predicted octanol–water partition coefficient (Wildman–Crippen LogP) is 3.09. The summed E-state index contributed by atoms with van der Waals surface area (Å²) in [5.41, 5.74) is 1.27. The van der Waals surface area contributed by atoms with E-state index in [0.717, 1.165) is 5.56 Å². The van der Waals surface area contributed by atoms with Gasteiger partial charge in [0.05, 0.1) is 0 Å². The molecule has 1 aromatic rings. The highest BCUT2D eigenvalue weighted by Gasteiger charge is 2.18. The molecule has 0 aromatic carbocycles. The molecule has 0 bridgehead atoms. The van der Waals surface area contributed by atoms with Gasteiger partial charge < -0.3 is 0 Å². The number of hydrogen-bond donors (Lipinski definition) is 0. The van der Waals surface area contributed by atoms with E-state index in [-0.39, 0.29) is 5.41 Å². The first kappa shape index (κ1) is 8.02. The van der Waals surface area contributed by atoms with E-state index in [1.54, 1.807) is 0 Å². The topological polar surface area (TPSA) is 12.9 Å². The second kappa shape index (κ2) is 2.51. The van der Waals surface area contributed by atoms with E-state index in [4.69, 9.17) is 11.6 Å². The van der Waals surface area contributed by atoms with E-state index in [1.165, 1.54) is 11.5 Å². The van der Waals surface area contributed by atoms with Gasteiger partial charge in [-0.25, -0.2) is 0 Å². The Balaban J connectivity index is 3.05. The number of hydrogen-bond acceptors (Lipinski definition) is 2. The van der Waals surface area contributed by atoms with Crippen LogP contribution in [0.25, 0.3) is 0 Å². The van der Waals surface area contributed by atoms with E-state index in [2.05, 4.69) is 25.1 Å². The summed E-state index contributed by atoms with van der Waals surface area (Å²) in [6.45, 7) is 6.38.